The fourth-order valence-corrected chi connectivity index (χ4v) is 3.32. The molecule has 3 aromatic rings. The van der Waals surface area contributed by atoms with Crippen LogP contribution in [0.15, 0.2) is 36.4 Å². The van der Waals surface area contributed by atoms with Crippen molar-refractivity contribution in [2.45, 2.75) is 13.3 Å². The first-order valence-electron chi connectivity index (χ1n) is 6.63. The summed E-state index contributed by atoms with van der Waals surface area (Å²) in [6.07, 6.45) is -0.125. The quantitative estimate of drug-likeness (QED) is 0.761. The Balaban J connectivity index is 1.78. The molecule has 1 N–H and O–H groups in total. The number of rotatable bonds is 3. The van der Waals surface area contributed by atoms with Crippen molar-refractivity contribution in [3.05, 3.63) is 58.4 Å². The lowest BCUT2D eigenvalue weighted by Crippen LogP contribution is -2.15. The monoisotopic (exact) mass is 334 g/mol. The van der Waals surface area contributed by atoms with Crippen molar-refractivity contribution < 1.29 is 9.18 Å². The van der Waals surface area contributed by atoms with Crippen molar-refractivity contribution >= 4 is 44.2 Å². The molecule has 1 aromatic heterocycles. The first kappa shape index (κ1) is 14.9. The van der Waals surface area contributed by atoms with E-state index in [1.165, 1.54) is 23.5 Å². The summed E-state index contributed by atoms with van der Waals surface area (Å²) in [4.78, 5) is 16.4. The lowest BCUT2D eigenvalue weighted by atomic mass is 10.1. The van der Waals surface area contributed by atoms with Gasteiger partial charge in [0, 0.05) is 10.6 Å². The molecule has 0 saturated carbocycles. The number of hydrogen-bond donors (Lipinski definition) is 1. The third-order valence-electron chi connectivity index (χ3n) is 3.19. The molecule has 0 unspecified atom stereocenters. The summed E-state index contributed by atoms with van der Waals surface area (Å²) < 4.78 is 14.7. The van der Waals surface area contributed by atoms with Crippen LogP contribution in [-0.2, 0) is 11.2 Å². The molecule has 0 aliphatic rings. The number of fused-ring (bicyclic) bond motifs is 1. The van der Waals surface area contributed by atoms with Crippen LogP contribution in [-0.4, -0.2) is 10.9 Å². The average Bonchev–Trinajstić information content (AvgIpc) is 2.84. The second kappa shape index (κ2) is 6.02. The molecule has 3 rings (SSSR count). The first-order valence-corrected chi connectivity index (χ1v) is 7.82. The van der Waals surface area contributed by atoms with Gasteiger partial charge in [-0.2, -0.15) is 0 Å². The van der Waals surface area contributed by atoms with Crippen molar-refractivity contribution in [1.82, 2.24) is 4.98 Å². The Bertz CT molecular complexity index is 842. The highest BCUT2D eigenvalue weighted by atomic mass is 35.5. The number of anilines is 1. The summed E-state index contributed by atoms with van der Waals surface area (Å²) in [5.41, 5.74) is 2.15. The standard InChI is InChI=1S/C16H12ClFN2OS/c1-9-5-6-13-14(7-9)22-16(19-13)20-15(21)8-10-11(17)3-2-4-12(10)18/h2-7H,8H2,1H3,(H,19,20,21). The van der Waals surface area contributed by atoms with Gasteiger partial charge in [-0.25, -0.2) is 9.37 Å². The second-order valence-corrected chi connectivity index (χ2v) is 6.35. The summed E-state index contributed by atoms with van der Waals surface area (Å²) >= 11 is 7.31. The third-order valence-corrected chi connectivity index (χ3v) is 4.48. The highest BCUT2D eigenvalue weighted by Gasteiger charge is 2.13. The number of aromatic nitrogens is 1. The topological polar surface area (TPSA) is 42.0 Å². The van der Waals surface area contributed by atoms with Crippen LogP contribution in [0.2, 0.25) is 5.02 Å². The molecule has 0 aliphatic heterocycles. The van der Waals surface area contributed by atoms with Crippen LogP contribution in [0.3, 0.4) is 0 Å². The molecule has 6 heteroatoms. The maximum Gasteiger partial charge on any atom is 0.230 e. The zero-order valence-electron chi connectivity index (χ0n) is 11.7. The fraction of sp³-hybridized carbons (Fsp3) is 0.125. The van der Waals surface area contributed by atoms with E-state index in [0.29, 0.717) is 5.13 Å². The number of benzene rings is 2. The molecule has 2 aromatic carbocycles. The molecule has 0 fully saturated rings. The summed E-state index contributed by atoms with van der Waals surface area (Å²) in [7, 11) is 0. The molecular weight excluding hydrogens is 323 g/mol. The minimum absolute atomic E-state index is 0.125. The molecule has 3 nitrogen and oxygen atoms in total. The van der Waals surface area contributed by atoms with Gasteiger partial charge >= 0.3 is 0 Å². The number of thiazole rings is 1. The van der Waals surface area contributed by atoms with E-state index < -0.39 is 5.82 Å². The Morgan fingerprint density at radius 1 is 1.36 bits per heavy atom. The average molecular weight is 335 g/mol. The summed E-state index contributed by atoms with van der Waals surface area (Å²) in [5.74, 6) is -0.828. The Morgan fingerprint density at radius 3 is 2.95 bits per heavy atom. The molecule has 0 saturated heterocycles. The van der Waals surface area contributed by atoms with Gasteiger partial charge in [-0.05, 0) is 36.8 Å². The van der Waals surface area contributed by atoms with E-state index in [1.807, 2.05) is 25.1 Å². The van der Waals surface area contributed by atoms with E-state index in [1.54, 1.807) is 6.07 Å². The predicted octanol–water partition coefficient (Wildman–Crippen LogP) is 4.58. The van der Waals surface area contributed by atoms with E-state index in [4.69, 9.17) is 11.6 Å². The van der Waals surface area contributed by atoms with Gasteiger partial charge in [0.25, 0.3) is 0 Å². The van der Waals surface area contributed by atoms with Gasteiger partial charge in [-0.15, -0.1) is 0 Å². The van der Waals surface area contributed by atoms with Crippen LogP contribution < -0.4 is 5.32 Å². The molecule has 22 heavy (non-hydrogen) atoms. The van der Waals surface area contributed by atoms with Crippen molar-refractivity contribution in [2.75, 3.05) is 5.32 Å². The Morgan fingerprint density at radius 2 is 2.18 bits per heavy atom. The number of carbonyl (C=O) groups is 1. The van der Waals surface area contributed by atoms with Crippen LogP contribution in [0, 0.1) is 12.7 Å². The van der Waals surface area contributed by atoms with Gasteiger partial charge < -0.3 is 5.32 Å². The molecule has 0 radical (unpaired) electrons. The second-order valence-electron chi connectivity index (χ2n) is 4.92. The zero-order valence-corrected chi connectivity index (χ0v) is 13.3. The summed E-state index contributed by atoms with van der Waals surface area (Å²) in [6.45, 7) is 2.00. The fourth-order valence-electron chi connectivity index (χ4n) is 2.11. The van der Waals surface area contributed by atoms with Crippen LogP contribution in [0.25, 0.3) is 10.2 Å². The van der Waals surface area contributed by atoms with E-state index in [0.717, 1.165) is 15.8 Å². The van der Waals surface area contributed by atoms with Gasteiger partial charge in [0.1, 0.15) is 5.82 Å². The molecule has 0 aliphatic carbocycles. The molecular formula is C16H12ClFN2OS. The Hall–Kier alpha value is -1.98. The number of amides is 1. The van der Waals surface area contributed by atoms with Crippen LogP contribution in [0.5, 0.6) is 0 Å². The number of hydrogen-bond acceptors (Lipinski definition) is 3. The normalized spacial score (nSPS) is 10.9. The number of nitrogens with one attached hydrogen (secondary N) is 1. The minimum Gasteiger partial charge on any atom is -0.302 e. The third kappa shape index (κ3) is 3.10. The molecule has 0 atom stereocenters. The Kier molecular flexibility index (Phi) is 4.09. The maximum absolute atomic E-state index is 13.7. The number of aryl methyl sites for hydroxylation is 1. The maximum atomic E-state index is 13.7. The minimum atomic E-state index is -0.484. The first-order chi connectivity index (χ1) is 10.5. The van der Waals surface area contributed by atoms with Crippen LogP contribution >= 0.6 is 22.9 Å². The smallest absolute Gasteiger partial charge is 0.230 e. The van der Waals surface area contributed by atoms with Crippen molar-refractivity contribution in [3.63, 3.8) is 0 Å². The Labute approximate surface area is 135 Å². The predicted molar refractivity (Wildman–Crippen MR) is 88.1 cm³/mol. The molecule has 1 heterocycles. The lowest BCUT2D eigenvalue weighted by Gasteiger charge is -2.05. The van der Waals surface area contributed by atoms with Gasteiger partial charge in [0.2, 0.25) is 5.91 Å². The van der Waals surface area contributed by atoms with Crippen LogP contribution in [0.1, 0.15) is 11.1 Å². The van der Waals surface area contributed by atoms with E-state index >= 15 is 0 Å². The van der Waals surface area contributed by atoms with Gasteiger partial charge in [0.15, 0.2) is 5.13 Å². The number of nitrogens with zero attached hydrogens (tertiary/aromatic N) is 1. The van der Waals surface area contributed by atoms with Crippen molar-refractivity contribution in [1.29, 1.82) is 0 Å². The van der Waals surface area contributed by atoms with Gasteiger partial charge in [-0.3, -0.25) is 4.79 Å². The largest absolute Gasteiger partial charge is 0.302 e. The van der Waals surface area contributed by atoms with E-state index in [-0.39, 0.29) is 22.9 Å². The van der Waals surface area contributed by atoms with Crippen molar-refractivity contribution in [2.24, 2.45) is 0 Å². The molecule has 0 spiro atoms. The van der Waals surface area contributed by atoms with Crippen molar-refractivity contribution in [3.8, 4) is 0 Å². The highest BCUT2D eigenvalue weighted by Crippen LogP contribution is 2.27. The number of carbonyl (C=O) groups excluding carboxylic acids is 1. The number of halogens is 2. The zero-order chi connectivity index (χ0) is 15.7. The van der Waals surface area contributed by atoms with Crippen LogP contribution in [0.4, 0.5) is 9.52 Å². The van der Waals surface area contributed by atoms with Gasteiger partial charge in [0.05, 0.1) is 16.6 Å². The van der Waals surface area contributed by atoms with Gasteiger partial charge in [-0.1, -0.05) is 35.1 Å². The summed E-state index contributed by atoms with van der Waals surface area (Å²) in [6, 6.07) is 10.2. The molecule has 0 bridgehead atoms. The molecule has 1 amide bonds. The summed E-state index contributed by atoms with van der Waals surface area (Å²) in [5, 5.41) is 3.44. The highest BCUT2D eigenvalue weighted by molar-refractivity contribution is 7.22. The molecule has 112 valence electrons. The SMILES string of the molecule is Cc1ccc2nc(NC(=O)Cc3c(F)cccc3Cl)sc2c1. The lowest BCUT2D eigenvalue weighted by molar-refractivity contribution is -0.115. The van der Waals surface area contributed by atoms with E-state index in [2.05, 4.69) is 10.3 Å². The van der Waals surface area contributed by atoms with E-state index in [9.17, 15) is 9.18 Å².